The molecule has 1 unspecified atom stereocenters. The molecule has 0 saturated carbocycles. The van der Waals surface area contributed by atoms with Crippen LogP contribution < -0.4 is 0 Å². The van der Waals surface area contributed by atoms with Gasteiger partial charge in [-0.25, -0.2) is 5.11 Å². The molecule has 8 heavy (non-hydrogen) atoms. The van der Waals surface area contributed by atoms with Crippen LogP contribution in [-0.2, 0) is 9.84 Å². The largest absolute Gasteiger partial charge is 0.496 e. The zero-order chi connectivity index (χ0) is 6.41. The molecule has 2 heteroatoms. The van der Waals surface area contributed by atoms with Gasteiger partial charge < -0.3 is 4.74 Å². The summed E-state index contributed by atoms with van der Waals surface area (Å²) in [5.41, 5.74) is 0. The normalized spacial score (nSPS) is 12.8. The number of ether oxygens (including phenoxy) is 1. The minimum absolute atomic E-state index is 0.174. The highest BCUT2D eigenvalue weighted by Gasteiger charge is 2.00. The lowest BCUT2D eigenvalue weighted by Crippen LogP contribution is -2.11. The Hall–Kier alpha value is -0.500. The lowest BCUT2D eigenvalue weighted by molar-refractivity contribution is 0.0413. The van der Waals surface area contributed by atoms with Crippen molar-refractivity contribution in [3.8, 4) is 0 Å². The van der Waals surface area contributed by atoms with Crippen molar-refractivity contribution in [2.75, 3.05) is 6.61 Å². The first kappa shape index (κ1) is 7.50. The molecule has 0 fully saturated rings. The minimum atomic E-state index is -0.178. The van der Waals surface area contributed by atoms with Crippen LogP contribution in [0.15, 0.2) is 12.8 Å². The highest BCUT2D eigenvalue weighted by molar-refractivity contribution is 4.57. The van der Waals surface area contributed by atoms with E-state index in [0.717, 1.165) is 6.42 Å². The van der Waals surface area contributed by atoms with Crippen molar-refractivity contribution in [2.24, 2.45) is 0 Å². The predicted molar refractivity (Wildman–Crippen MR) is 30.9 cm³/mol. The maximum Gasteiger partial charge on any atom is 0.124 e. The van der Waals surface area contributed by atoms with Crippen LogP contribution in [0.5, 0.6) is 0 Å². The Morgan fingerprint density at radius 1 is 1.88 bits per heavy atom. The molecule has 0 saturated heterocycles. The molecule has 0 rings (SSSR count). The van der Waals surface area contributed by atoms with Gasteiger partial charge in [-0.3, -0.25) is 0 Å². The highest BCUT2D eigenvalue weighted by Crippen LogP contribution is 1.95. The Bertz CT molecular complexity index is 57.5. The van der Waals surface area contributed by atoms with Gasteiger partial charge in [-0.1, -0.05) is 13.5 Å². The second-order valence-corrected chi connectivity index (χ2v) is 1.50. The first-order valence-corrected chi connectivity index (χ1v) is 2.69. The summed E-state index contributed by atoms with van der Waals surface area (Å²) in [6.45, 7) is 5.07. The average molecular weight is 115 g/mol. The molecule has 1 atom stereocenters. The van der Waals surface area contributed by atoms with Crippen LogP contribution in [-0.4, -0.2) is 12.7 Å². The first-order valence-electron chi connectivity index (χ1n) is 2.69. The number of hydrogen-bond acceptors (Lipinski definition) is 1. The molecule has 0 bridgehead atoms. The molecule has 0 heterocycles. The fourth-order valence-corrected chi connectivity index (χ4v) is 0.389. The monoisotopic (exact) mass is 115 g/mol. The van der Waals surface area contributed by atoms with E-state index in [1.807, 2.05) is 6.92 Å². The fraction of sp³-hybridized carbons (Fsp3) is 0.667. The van der Waals surface area contributed by atoms with E-state index in [9.17, 15) is 5.11 Å². The standard InChI is InChI=1S/C6H11O2/c1-3-6(5-7)8-4-2/h4,6H,2-3,5H2,1H3. The molecule has 0 aliphatic heterocycles. The van der Waals surface area contributed by atoms with Gasteiger partial charge in [0.2, 0.25) is 0 Å². The summed E-state index contributed by atoms with van der Waals surface area (Å²) in [5.74, 6) is 0. The Kier molecular flexibility index (Phi) is 4.36. The van der Waals surface area contributed by atoms with E-state index in [1.54, 1.807) is 0 Å². The Morgan fingerprint density at radius 2 is 2.50 bits per heavy atom. The Balaban J connectivity index is 3.20. The summed E-state index contributed by atoms with van der Waals surface area (Å²) in [4.78, 5) is 0. The summed E-state index contributed by atoms with van der Waals surface area (Å²) in [7, 11) is 0. The molecule has 0 N–H and O–H groups in total. The van der Waals surface area contributed by atoms with Crippen molar-refractivity contribution >= 4 is 0 Å². The second kappa shape index (κ2) is 4.65. The lowest BCUT2D eigenvalue weighted by Gasteiger charge is -2.07. The SMILES string of the molecule is C=COC(CC)C[O]. The van der Waals surface area contributed by atoms with E-state index in [-0.39, 0.29) is 12.7 Å². The van der Waals surface area contributed by atoms with Gasteiger partial charge in [-0.05, 0) is 6.42 Å². The van der Waals surface area contributed by atoms with Gasteiger partial charge in [-0.15, -0.1) is 0 Å². The molecule has 0 spiro atoms. The van der Waals surface area contributed by atoms with Gasteiger partial charge in [0.05, 0.1) is 6.26 Å². The van der Waals surface area contributed by atoms with E-state index < -0.39 is 0 Å². The van der Waals surface area contributed by atoms with E-state index in [2.05, 4.69) is 6.58 Å². The predicted octanol–water partition coefficient (Wildman–Crippen LogP) is 1.36. The molecule has 0 aromatic rings. The van der Waals surface area contributed by atoms with E-state index in [1.165, 1.54) is 6.26 Å². The topological polar surface area (TPSA) is 29.1 Å². The molecule has 0 aliphatic carbocycles. The van der Waals surface area contributed by atoms with Gasteiger partial charge in [0.15, 0.2) is 0 Å². The smallest absolute Gasteiger partial charge is 0.124 e. The van der Waals surface area contributed by atoms with Crippen molar-refractivity contribution in [1.29, 1.82) is 0 Å². The third-order valence-electron chi connectivity index (χ3n) is 0.930. The van der Waals surface area contributed by atoms with Gasteiger partial charge in [0, 0.05) is 0 Å². The summed E-state index contributed by atoms with van der Waals surface area (Å²) < 4.78 is 4.79. The maximum absolute atomic E-state index is 10.1. The molecule has 1 radical (unpaired) electrons. The minimum Gasteiger partial charge on any atom is -0.496 e. The molecule has 2 nitrogen and oxygen atoms in total. The highest BCUT2D eigenvalue weighted by atomic mass is 16.5. The van der Waals surface area contributed by atoms with Crippen LogP contribution in [0.25, 0.3) is 0 Å². The van der Waals surface area contributed by atoms with Crippen LogP contribution in [0, 0.1) is 0 Å². The number of hydrogen-bond donors (Lipinski definition) is 0. The van der Waals surface area contributed by atoms with Crippen LogP contribution in [0.4, 0.5) is 0 Å². The number of rotatable bonds is 4. The zero-order valence-electron chi connectivity index (χ0n) is 5.09. The Morgan fingerprint density at radius 3 is 2.62 bits per heavy atom. The molecule has 0 amide bonds. The van der Waals surface area contributed by atoms with Gasteiger partial charge in [0.25, 0.3) is 0 Å². The van der Waals surface area contributed by atoms with Gasteiger partial charge in [0.1, 0.15) is 12.7 Å². The molecule has 0 aromatic carbocycles. The zero-order valence-corrected chi connectivity index (χ0v) is 5.09. The third kappa shape index (κ3) is 2.64. The van der Waals surface area contributed by atoms with Crippen molar-refractivity contribution < 1.29 is 9.84 Å². The Labute approximate surface area is 49.8 Å². The summed E-state index contributed by atoms with van der Waals surface area (Å²) >= 11 is 0. The van der Waals surface area contributed by atoms with Crippen LogP contribution in [0.3, 0.4) is 0 Å². The lowest BCUT2D eigenvalue weighted by atomic mass is 10.3. The molecular weight excluding hydrogens is 104 g/mol. The van der Waals surface area contributed by atoms with Crippen LogP contribution in [0.2, 0.25) is 0 Å². The second-order valence-electron chi connectivity index (χ2n) is 1.50. The first-order chi connectivity index (χ1) is 3.85. The molecule has 47 valence electrons. The van der Waals surface area contributed by atoms with E-state index in [0.29, 0.717) is 0 Å². The van der Waals surface area contributed by atoms with Crippen molar-refractivity contribution in [3.63, 3.8) is 0 Å². The van der Waals surface area contributed by atoms with Gasteiger partial charge in [-0.2, -0.15) is 0 Å². The van der Waals surface area contributed by atoms with E-state index >= 15 is 0 Å². The summed E-state index contributed by atoms with van der Waals surface area (Å²) in [5, 5.41) is 10.1. The molecule has 0 aliphatic rings. The molecule has 0 aromatic heterocycles. The van der Waals surface area contributed by atoms with Crippen LogP contribution >= 0.6 is 0 Å². The quantitative estimate of drug-likeness (QED) is 0.508. The average Bonchev–Trinajstić information content (AvgIpc) is 1.83. The summed E-state index contributed by atoms with van der Waals surface area (Å²) in [6, 6.07) is 0. The van der Waals surface area contributed by atoms with Crippen LogP contribution in [0.1, 0.15) is 13.3 Å². The summed E-state index contributed by atoms with van der Waals surface area (Å²) in [6.07, 6.45) is 1.90. The maximum atomic E-state index is 10.1. The van der Waals surface area contributed by atoms with Crippen molar-refractivity contribution in [1.82, 2.24) is 0 Å². The third-order valence-corrected chi connectivity index (χ3v) is 0.930. The van der Waals surface area contributed by atoms with Gasteiger partial charge >= 0.3 is 0 Å². The molecular formula is C6H11O2. The fourth-order valence-electron chi connectivity index (χ4n) is 0.389. The van der Waals surface area contributed by atoms with E-state index in [4.69, 9.17) is 4.74 Å². The van der Waals surface area contributed by atoms with Crippen molar-refractivity contribution in [3.05, 3.63) is 12.8 Å². The van der Waals surface area contributed by atoms with Crippen molar-refractivity contribution in [2.45, 2.75) is 19.4 Å².